The minimum absolute atomic E-state index is 0.312. The highest BCUT2D eigenvalue weighted by Gasteiger charge is 2.26. The highest BCUT2D eigenvalue weighted by Crippen LogP contribution is 2.29. The van der Waals surface area contributed by atoms with Crippen LogP contribution in [0.15, 0.2) is 30.5 Å². The maximum atomic E-state index is 14.8. The molecule has 0 atom stereocenters. The van der Waals surface area contributed by atoms with E-state index in [9.17, 15) is 21.6 Å². The molecular formula is C27H35F3N6O2S. The third-order valence-electron chi connectivity index (χ3n) is 7.11. The first-order valence-corrected chi connectivity index (χ1v) is 14.8. The minimum atomic E-state index is -4.14. The maximum absolute atomic E-state index is 14.8. The lowest BCUT2D eigenvalue weighted by atomic mass is 9.91. The number of hydrogen-bond acceptors (Lipinski definition) is 7. The highest BCUT2D eigenvalue weighted by atomic mass is 32.2. The summed E-state index contributed by atoms with van der Waals surface area (Å²) in [6.07, 6.45) is 5.79. The predicted molar refractivity (Wildman–Crippen MR) is 148 cm³/mol. The molecule has 39 heavy (non-hydrogen) atoms. The fourth-order valence-corrected chi connectivity index (χ4v) is 6.01. The molecule has 2 heterocycles. The van der Waals surface area contributed by atoms with Crippen LogP contribution < -0.4 is 10.0 Å². The van der Waals surface area contributed by atoms with Gasteiger partial charge in [0.05, 0.1) is 28.8 Å². The first-order valence-electron chi connectivity index (χ1n) is 13.1. The van der Waals surface area contributed by atoms with Crippen molar-refractivity contribution in [1.29, 1.82) is 0 Å². The fourth-order valence-electron chi connectivity index (χ4n) is 4.78. The molecule has 1 aromatic carbocycles. The predicted octanol–water partition coefficient (Wildman–Crippen LogP) is 5.47. The Morgan fingerprint density at radius 3 is 2.44 bits per heavy atom. The van der Waals surface area contributed by atoms with Crippen molar-refractivity contribution in [3.05, 3.63) is 41.8 Å². The van der Waals surface area contributed by atoms with E-state index in [0.29, 0.717) is 48.2 Å². The van der Waals surface area contributed by atoms with Gasteiger partial charge in [-0.3, -0.25) is 4.72 Å². The number of benzene rings is 1. The number of hydrogen-bond donors (Lipinski definition) is 2. The largest absolute Gasteiger partial charge is 0.351 e. The average Bonchev–Trinajstić information content (AvgIpc) is 2.88. The molecule has 0 radical (unpaired) electrons. The average molecular weight is 565 g/mol. The molecule has 2 aromatic heterocycles. The van der Waals surface area contributed by atoms with Crippen LogP contribution in [0, 0.1) is 5.82 Å². The van der Waals surface area contributed by atoms with Crippen LogP contribution in [-0.4, -0.2) is 66.1 Å². The summed E-state index contributed by atoms with van der Waals surface area (Å²) in [5.74, 6) is -4.23. The van der Waals surface area contributed by atoms with E-state index in [0.717, 1.165) is 36.8 Å². The molecule has 0 unspecified atom stereocenters. The van der Waals surface area contributed by atoms with E-state index in [1.165, 1.54) is 18.2 Å². The van der Waals surface area contributed by atoms with Crippen LogP contribution in [0.2, 0.25) is 0 Å². The highest BCUT2D eigenvalue weighted by molar-refractivity contribution is 7.92. The van der Waals surface area contributed by atoms with Crippen molar-refractivity contribution in [3.63, 3.8) is 0 Å². The van der Waals surface area contributed by atoms with Crippen LogP contribution in [0.5, 0.6) is 0 Å². The number of pyridine rings is 1. The van der Waals surface area contributed by atoms with Crippen LogP contribution in [0.4, 0.5) is 24.8 Å². The molecule has 3 aromatic rings. The summed E-state index contributed by atoms with van der Waals surface area (Å²) < 4.78 is 67.3. The molecule has 0 bridgehead atoms. The number of halogens is 3. The molecule has 1 aliphatic rings. The Kier molecular flexibility index (Phi) is 8.65. The Balaban J connectivity index is 1.52. The van der Waals surface area contributed by atoms with Crippen molar-refractivity contribution < 1.29 is 21.6 Å². The number of anilines is 2. The Labute approximate surface area is 227 Å². The fraction of sp³-hybridized carbons (Fsp3) is 0.519. The molecule has 8 nitrogen and oxygen atoms in total. The SMILES string of the molecule is CCc1cc(-c2ccc(NS(=O)(=O)CCC(C)(F)F)c(F)c2)nc2cnc(NC3CCC(N(C)C)CC3)nc12. The lowest BCUT2D eigenvalue weighted by Crippen LogP contribution is -2.36. The molecule has 12 heteroatoms. The molecule has 1 aliphatic carbocycles. The number of aromatic nitrogens is 3. The van der Waals surface area contributed by atoms with E-state index < -0.39 is 33.9 Å². The Hall–Kier alpha value is -2.99. The zero-order chi connectivity index (χ0) is 28.4. The zero-order valence-electron chi connectivity index (χ0n) is 22.6. The number of nitrogens with one attached hydrogen (secondary N) is 2. The van der Waals surface area contributed by atoms with Crippen LogP contribution in [0.1, 0.15) is 51.5 Å². The summed E-state index contributed by atoms with van der Waals surface area (Å²) in [6.45, 7) is 2.63. The summed E-state index contributed by atoms with van der Waals surface area (Å²) in [6, 6.07) is 6.71. The lowest BCUT2D eigenvalue weighted by Gasteiger charge is -2.32. The molecule has 0 aliphatic heterocycles. The molecule has 0 amide bonds. The number of sulfonamides is 1. The molecule has 0 saturated heterocycles. The molecular weight excluding hydrogens is 529 g/mol. The second kappa shape index (κ2) is 11.6. The zero-order valence-corrected chi connectivity index (χ0v) is 23.5. The van der Waals surface area contributed by atoms with Crippen LogP contribution in [0.3, 0.4) is 0 Å². The van der Waals surface area contributed by atoms with Gasteiger partial charge in [-0.1, -0.05) is 13.0 Å². The summed E-state index contributed by atoms with van der Waals surface area (Å²) in [5.41, 5.74) is 2.82. The standard InChI is InChI=1S/C27H35F3N6O2S/c1-5-17-15-23(18-6-11-22(21(28)14-18)35-39(37,38)13-12-27(2,29)30)33-24-16-31-26(34-25(17)24)32-19-7-9-20(10-8-19)36(3)4/h6,11,14-16,19-20,35H,5,7-10,12-13H2,1-4H3,(H,31,32,34). The van der Waals surface area contributed by atoms with Gasteiger partial charge in [0.15, 0.2) is 0 Å². The van der Waals surface area contributed by atoms with E-state index >= 15 is 0 Å². The van der Waals surface area contributed by atoms with Gasteiger partial charge < -0.3 is 10.2 Å². The van der Waals surface area contributed by atoms with Crippen molar-refractivity contribution in [1.82, 2.24) is 19.9 Å². The van der Waals surface area contributed by atoms with Gasteiger partial charge in [0.2, 0.25) is 21.9 Å². The number of nitrogens with zero attached hydrogens (tertiary/aromatic N) is 4. The van der Waals surface area contributed by atoms with Crippen molar-refractivity contribution in [2.24, 2.45) is 0 Å². The second-order valence-corrected chi connectivity index (χ2v) is 12.3. The third-order valence-corrected chi connectivity index (χ3v) is 8.38. The summed E-state index contributed by atoms with van der Waals surface area (Å²) in [4.78, 5) is 16.1. The molecule has 0 spiro atoms. The molecule has 212 valence electrons. The Morgan fingerprint density at radius 1 is 1.10 bits per heavy atom. The van der Waals surface area contributed by atoms with E-state index in [1.807, 2.05) is 13.0 Å². The number of rotatable bonds is 10. The van der Waals surface area contributed by atoms with Crippen molar-refractivity contribution >= 4 is 32.7 Å². The van der Waals surface area contributed by atoms with Crippen molar-refractivity contribution in [2.45, 2.75) is 70.4 Å². The van der Waals surface area contributed by atoms with Crippen LogP contribution in [-0.2, 0) is 16.4 Å². The first kappa shape index (κ1) is 29.0. The van der Waals surface area contributed by atoms with Crippen molar-refractivity contribution in [3.8, 4) is 11.3 Å². The van der Waals surface area contributed by atoms with E-state index in [2.05, 4.69) is 39.0 Å². The van der Waals surface area contributed by atoms with Gasteiger partial charge in [0.25, 0.3) is 0 Å². The molecule has 1 fully saturated rings. The monoisotopic (exact) mass is 564 g/mol. The van der Waals surface area contributed by atoms with E-state index in [-0.39, 0.29) is 5.69 Å². The maximum Gasteiger partial charge on any atom is 0.246 e. The lowest BCUT2D eigenvalue weighted by molar-refractivity contribution is 0.0189. The molecule has 2 N–H and O–H groups in total. The molecule has 1 saturated carbocycles. The van der Waals surface area contributed by atoms with Gasteiger partial charge in [-0.2, -0.15) is 0 Å². The number of alkyl halides is 2. The number of fused-ring (bicyclic) bond motifs is 1. The first-order chi connectivity index (χ1) is 18.3. The molecule has 4 rings (SSSR count). The number of aryl methyl sites for hydroxylation is 1. The second-order valence-electron chi connectivity index (χ2n) is 10.5. The topological polar surface area (TPSA) is 100 Å². The Morgan fingerprint density at radius 2 is 1.82 bits per heavy atom. The summed E-state index contributed by atoms with van der Waals surface area (Å²) in [5, 5.41) is 3.46. The minimum Gasteiger partial charge on any atom is -0.351 e. The van der Waals surface area contributed by atoms with E-state index in [1.54, 1.807) is 6.20 Å². The van der Waals surface area contributed by atoms with Crippen molar-refractivity contribution in [2.75, 3.05) is 29.9 Å². The van der Waals surface area contributed by atoms with Gasteiger partial charge in [-0.05, 0) is 76.9 Å². The normalized spacial score (nSPS) is 18.5. The van der Waals surface area contributed by atoms with E-state index in [4.69, 9.17) is 4.98 Å². The van der Waals surface area contributed by atoms with Crippen LogP contribution >= 0.6 is 0 Å². The summed E-state index contributed by atoms with van der Waals surface area (Å²) in [7, 11) is 0.0885. The van der Waals surface area contributed by atoms with Gasteiger partial charge in [-0.15, -0.1) is 0 Å². The van der Waals surface area contributed by atoms with Crippen LogP contribution in [0.25, 0.3) is 22.3 Å². The Bertz CT molecular complexity index is 1420. The quantitative estimate of drug-likeness (QED) is 0.337. The third kappa shape index (κ3) is 7.57. The van der Waals surface area contributed by atoms with Gasteiger partial charge in [0.1, 0.15) is 11.3 Å². The van der Waals surface area contributed by atoms with Gasteiger partial charge in [0, 0.05) is 24.1 Å². The van der Waals surface area contributed by atoms with Gasteiger partial charge >= 0.3 is 0 Å². The van der Waals surface area contributed by atoms with Gasteiger partial charge in [-0.25, -0.2) is 36.5 Å². The summed E-state index contributed by atoms with van der Waals surface area (Å²) >= 11 is 0. The smallest absolute Gasteiger partial charge is 0.246 e.